The van der Waals surface area contributed by atoms with E-state index in [0.717, 1.165) is 55.9 Å². The molecule has 32 heavy (non-hydrogen) atoms. The third-order valence-corrected chi connectivity index (χ3v) is 7.30. The van der Waals surface area contributed by atoms with E-state index in [9.17, 15) is 4.79 Å². The van der Waals surface area contributed by atoms with E-state index in [-0.39, 0.29) is 5.91 Å². The molecule has 1 saturated heterocycles. The molecule has 1 aromatic carbocycles. The number of nitrogens with one attached hydrogen (secondary N) is 1. The molecule has 1 aliphatic heterocycles. The molecule has 1 aromatic heterocycles. The number of aromatic nitrogens is 2. The number of benzene rings is 1. The van der Waals surface area contributed by atoms with Crippen molar-refractivity contribution in [2.24, 2.45) is 17.3 Å². The molecule has 7 heteroatoms. The first-order valence-corrected chi connectivity index (χ1v) is 12.0. The minimum atomic E-state index is -0.0922. The summed E-state index contributed by atoms with van der Waals surface area (Å²) < 4.78 is 13.0. The molecular formula is C25H38N4O3. The number of hydrogen-bond donors (Lipinski definition) is 1. The van der Waals surface area contributed by atoms with Gasteiger partial charge in [0.05, 0.1) is 26.9 Å². The zero-order valence-corrected chi connectivity index (χ0v) is 20.0. The first-order chi connectivity index (χ1) is 15.4. The molecule has 2 heterocycles. The number of morpholine rings is 1. The molecule has 0 bridgehead atoms. The van der Waals surface area contributed by atoms with Gasteiger partial charge in [-0.2, -0.15) is 5.10 Å². The Hall–Kier alpha value is -2.12. The zero-order valence-electron chi connectivity index (χ0n) is 20.0. The highest BCUT2D eigenvalue weighted by Gasteiger charge is 2.32. The molecule has 2 atom stereocenters. The molecular weight excluding hydrogens is 404 g/mol. The van der Waals surface area contributed by atoms with Crippen LogP contribution < -0.4 is 10.1 Å². The van der Waals surface area contributed by atoms with Crippen LogP contribution >= 0.6 is 0 Å². The summed E-state index contributed by atoms with van der Waals surface area (Å²) in [6.07, 6.45) is 3.59. The van der Waals surface area contributed by atoms with Crippen LogP contribution in [0.1, 0.15) is 50.5 Å². The van der Waals surface area contributed by atoms with Crippen LogP contribution in [0.2, 0.25) is 0 Å². The summed E-state index contributed by atoms with van der Waals surface area (Å²) in [6, 6.07) is 5.83. The lowest BCUT2D eigenvalue weighted by Gasteiger charge is -2.39. The maximum absolute atomic E-state index is 13.2. The number of fused-ring (bicyclic) bond motifs is 1. The lowest BCUT2D eigenvalue weighted by Crippen LogP contribution is -2.38. The Morgan fingerprint density at radius 3 is 2.78 bits per heavy atom. The summed E-state index contributed by atoms with van der Waals surface area (Å²) in [5.41, 5.74) is 1.79. The number of ether oxygens (including phenoxy) is 2. The molecule has 1 N–H and O–H groups in total. The number of amides is 1. The molecule has 0 spiro atoms. The Morgan fingerprint density at radius 1 is 1.28 bits per heavy atom. The van der Waals surface area contributed by atoms with Gasteiger partial charge in [0.1, 0.15) is 11.3 Å². The van der Waals surface area contributed by atoms with Crippen molar-refractivity contribution in [3.8, 4) is 5.75 Å². The van der Waals surface area contributed by atoms with Crippen molar-refractivity contribution in [3.05, 3.63) is 23.9 Å². The quantitative estimate of drug-likeness (QED) is 0.710. The van der Waals surface area contributed by atoms with Crippen molar-refractivity contribution in [1.82, 2.24) is 20.0 Å². The first kappa shape index (κ1) is 23.1. The largest absolute Gasteiger partial charge is 0.494 e. The topological polar surface area (TPSA) is 68.6 Å². The van der Waals surface area contributed by atoms with Gasteiger partial charge in [0.2, 0.25) is 0 Å². The van der Waals surface area contributed by atoms with Crippen LogP contribution in [-0.4, -0.2) is 67.1 Å². The highest BCUT2D eigenvalue weighted by Crippen LogP contribution is 2.41. The van der Waals surface area contributed by atoms with Crippen molar-refractivity contribution < 1.29 is 14.3 Å². The summed E-state index contributed by atoms with van der Waals surface area (Å²) in [5, 5.41) is 8.80. The number of rotatable bonds is 7. The highest BCUT2D eigenvalue weighted by molar-refractivity contribution is 6.06. The fourth-order valence-corrected chi connectivity index (χ4v) is 5.37. The van der Waals surface area contributed by atoms with Crippen LogP contribution in [-0.2, 0) is 11.3 Å². The molecule has 1 aliphatic carbocycles. The van der Waals surface area contributed by atoms with Gasteiger partial charge in [-0.1, -0.05) is 32.9 Å². The smallest absolute Gasteiger partial charge is 0.272 e. The van der Waals surface area contributed by atoms with Gasteiger partial charge < -0.3 is 14.8 Å². The summed E-state index contributed by atoms with van der Waals surface area (Å²) in [4.78, 5) is 15.6. The Morgan fingerprint density at radius 2 is 2.06 bits per heavy atom. The van der Waals surface area contributed by atoms with Crippen LogP contribution in [0.25, 0.3) is 10.9 Å². The molecule has 4 rings (SSSR count). The molecule has 2 aromatic rings. The Kier molecular flexibility index (Phi) is 7.05. The van der Waals surface area contributed by atoms with E-state index in [0.29, 0.717) is 36.0 Å². The Labute approximate surface area is 191 Å². The van der Waals surface area contributed by atoms with Gasteiger partial charge in [-0.05, 0) is 42.6 Å². The van der Waals surface area contributed by atoms with Crippen molar-refractivity contribution in [2.75, 3.05) is 46.5 Å². The fourth-order valence-electron chi connectivity index (χ4n) is 5.37. The number of carbonyl (C=O) groups excluding carboxylic acids is 1. The van der Waals surface area contributed by atoms with Gasteiger partial charge in [-0.3, -0.25) is 14.4 Å². The standard InChI is InChI=1S/C25H38N4O3/c1-18-16-25(2,3)9-8-19(18)17-26-24(30)22-20-6-5-7-21(31-4)23(20)29(27-22)11-10-28-12-14-32-15-13-28/h5-7,18-19H,8-17H2,1-4H3,(H,26,30)/t18-,19+/m0/s1. The van der Waals surface area contributed by atoms with Crippen LogP contribution in [0.3, 0.4) is 0 Å². The van der Waals surface area contributed by atoms with E-state index in [1.807, 2.05) is 22.9 Å². The Bertz CT molecular complexity index is 933. The van der Waals surface area contributed by atoms with E-state index in [4.69, 9.17) is 14.6 Å². The lowest BCUT2D eigenvalue weighted by atomic mass is 9.68. The van der Waals surface area contributed by atoms with Gasteiger partial charge in [0.15, 0.2) is 5.69 Å². The molecule has 0 radical (unpaired) electrons. The molecule has 1 saturated carbocycles. The van der Waals surface area contributed by atoms with E-state index in [2.05, 4.69) is 31.0 Å². The molecule has 7 nitrogen and oxygen atoms in total. The average molecular weight is 443 g/mol. The van der Waals surface area contributed by atoms with Gasteiger partial charge >= 0.3 is 0 Å². The fraction of sp³-hybridized carbons (Fsp3) is 0.680. The van der Waals surface area contributed by atoms with Crippen molar-refractivity contribution in [1.29, 1.82) is 0 Å². The molecule has 1 amide bonds. The lowest BCUT2D eigenvalue weighted by molar-refractivity contribution is 0.0361. The monoisotopic (exact) mass is 442 g/mol. The van der Waals surface area contributed by atoms with E-state index in [1.165, 1.54) is 12.8 Å². The summed E-state index contributed by atoms with van der Waals surface area (Å²) in [7, 11) is 1.67. The van der Waals surface area contributed by atoms with E-state index in [1.54, 1.807) is 7.11 Å². The highest BCUT2D eigenvalue weighted by atomic mass is 16.5. The van der Waals surface area contributed by atoms with E-state index >= 15 is 0 Å². The number of para-hydroxylation sites is 1. The number of nitrogens with zero attached hydrogens (tertiary/aromatic N) is 3. The van der Waals surface area contributed by atoms with Crippen molar-refractivity contribution >= 4 is 16.8 Å². The van der Waals surface area contributed by atoms with Crippen LogP contribution in [0.15, 0.2) is 18.2 Å². The van der Waals surface area contributed by atoms with Crippen molar-refractivity contribution in [3.63, 3.8) is 0 Å². The predicted octanol–water partition coefficient (Wildman–Crippen LogP) is 3.57. The first-order valence-electron chi connectivity index (χ1n) is 12.0. The van der Waals surface area contributed by atoms with Crippen LogP contribution in [0, 0.1) is 17.3 Å². The van der Waals surface area contributed by atoms with E-state index < -0.39 is 0 Å². The van der Waals surface area contributed by atoms with Crippen LogP contribution in [0.4, 0.5) is 0 Å². The molecule has 176 valence electrons. The van der Waals surface area contributed by atoms with Gasteiger partial charge in [0.25, 0.3) is 5.91 Å². The summed E-state index contributed by atoms with van der Waals surface area (Å²) in [6.45, 7) is 12.7. The maximum Gasteiger partial charge on any atom is 0.272 e. The Balaban J connectivity index is 1.49. The van der Waals surface area contributed by atoms with Gasteiger partial charge in [-0.25, -0.2) is 0 Å². The third kappa shape index (κ3) is 5.09. The predicted molar refractivity (Wildman–Crippen MR) is 126 cm³/mol. The molecule has 2 fully saturated rings. The number of methoxy groups -OCH3 is 1. The molecule has 0 unspecified atom stereocenters. The van der Waals surface area contributed by atoms with Gasteiger partial charge in [-0.15, -0.1) is 0 Å². The molecule has 2 aliphatic rings. The zero-order chi connectivity index (χ0) is 22.7. The average Bonchev–Trinajstić information content (AvgIpc) is 3.16. The number of carbonyl (C=O) groups is 1. The second-order valence-electron chi connectivity index (χ2n) is 10.2. The maximum atomic E-state index is 13.2. The minimum absolute atomic E-state index is 0.0922. The van der Waals surface area contributed by atoms with Crippen molar-refractivity contribution in [2.45, 2.75) is 46.6 Å². The number of hydrogen-bond acceptors (Lipinski definition) is 5. The van der Waals surface area contributed by atoms with Gasteiger partial charge in [0, 0.05) is 31.6 Å². The second-order valence-corrected chi connectivity index (χ2v) is 10.2. The van der Waals surface area contributed by atoms with Crippen LogP contribution in [0.5, 0.6) is 5.75 Å². The minimum Gasteiger partial charge on any atom is -0.494 e. The summed E-state index contributed by atoms with van der Waals surface area (Å²) >= 11 is 0. The summed E-state index contributed by atoms with van der Waals surface area (Å²) in [5.74, 6) is 1.79. The third-order valence-electron chi connectivity index (χ3n) is 7.30. The second kappa shape index (κ2) is 9.79. The normalized spacial score (nSPS) is 23.9. The SMILES string of the molecule is COc1cccc2c(C(=O)NC[C@H]3CCC(C)(C)C[C@@H]3C)nn(CCN3CCOCC3)c12.